The summed E-state index contributed by atoms with van der Waals surface area (Å²) in [7, 11) is -2.04. The molecule has 0 bridgehead atoms. The van der Waals surface area contributed by atoms with Gasteiger partial charge in [-0.1, -0.05) is 36.4 Å². The highest BCUT2D eigenvalue weighted by Gasteiger charge is 2.13. The van der Waals surface area contributed by atoms with E-state index in [2.05, 4.69) is 46.5 Å². The molecule has 2 heterocycles. The number of aromatic nitrogens is 2. The SMILES string of the molecule is Nc1cncc(Br)c1.O=S(=O)(Cl)c1ccccc1.O=S(=O)(Nc1cncc(Br)c1)c1ccccc1. The quantitative estimate of drug-likeness (QED) is 0.269. The van der Waals surface area contributed by atoms with Gasteiger partial charge in [0.1, 0.15) is 0 Å². The van der Waals surface area contributed by atoms with Gasteiger partial charge in [0.05, 0.1) is 27.4 Å². The Morgan fingerprint density at radius 1 is 0.714 bits per heavy atom. The van der Waals surface area contributed by atoms with E-state index in [0.29, 0.717) is 15.8 Å². The summed E-state index contributed by atoms with van der Waals surface area (Å²) in [6, 6.07) is 19.5. The molecule has 13 heteroatoms. The molecule has 0 saturated carbocycles. The van der Waals surface area contributed by atoms with Crippen molar-refractivity contribution in [1.82, 2.24) is 9.97 Å². The Morgan fingerprint density at radius 2 is 1.20 bits per heavy atom. The highest BCUT2D eigenvalue weighted by Crippen LogP contribution is 2.18. The summed E-state index contributed by atoms with van der Waals surface area (Å²) in [5.74, 6) is 0. The van der Waals surface area contributed by atoms with Gasteiger partial charge in [-0.3, -0.25) is 14.7 Å². The number of nitrogens with two attached hydrogens (primary N) is 1. The van der Waals surface area contributed by atoms with Gasteiger partial charge in [0.25, 0.3) is 19.1 Å². The molecule has 35 heavy (non-hydrogen) atoms. The predicted octanol–water partition coefficient (Wildman–Crippen LogP) is 5.69. The van der Waals surface area contributed by atoms with Crippen molar-refractivity contribution in [2.45, 2.75) is 9.79 Å². The monoisotopic (exact) mass is 660 g/mol. The van der Waals surface area contributed by atoms with E-state index in [4.69, 9.17) is 16.4 Å². The molecule has 0 aliphatic rings. The first kappa shape index (κ1) is 28.7. The predicted molar refractivity (Wildman–Crippen MR) is 145 cm³/mol. The minimum absolute atomic E-state index is 0.136. The van der Waals surface area contributed by atoms with E-state index in [1.165, 1.54) is 30.5 Å². The third-order valence-electron chi connectivity index (χ3n) is 3.76. The van der Waals surface area contributed by atoms with Crippen molar-refractivity contribution in [1.29, 1.82) is 0 Å². The first-order valence-electron chi connectivity index (χ1n) is 9.51. The van der Waals surface area contributed by atoms with Crippen LogP contribution >= 0.6 is 42.5 Å². The standard InChI is InChI=1S/C11H9BrN2O2S.C6H5ClO2S.C5H5BrN2/c12-9-6-10(8-13-7-9)14-17(15,16)11-4-2-1-3-5-11;7-10(8,9)6-4-2-1-3-5-6;6-4-1-5(7)3-8-2-4/h1-8,14H;1-5H;1-3H,7H2. The molecule has 0 saturated heterocycles. The van der Waals surface area contributed by atoms with Gasteiger partial charge in [0, 0.05) is 38.2 Å². The third kappa shape index (κ3) is 10.7. The molecule has 0 radical (unpaired) electrons. The van der Waals surface area contributed by atoms with Gasteiger partial charge in [-0.05, 0) is 68.3 Å². The summed E-state index contributed by atoms with van der Waals surface area (Å²) in [5.41, 5.74) is 6.47. The number of sulfonamides is 1. The van der Waals surface area contributed by atoms with Gasteiger partial charge in [-0.25, -0.2) is 16.8 Å². The lowest BCUT2D eigenvalue weighted by molar-refractivity contribution is 0.601. The molecule has 0 unspecified atom stereocenters. The van der Waals surface area contributed by atoms with Crippen molar-refractivity contribution in [2.75, 3.05) is 10.5 Å². The van der Waals surface area contributed by atoms with E-state index in [1.807, 2.05) is 0 Å². The Hall–Kier alpha value is -2.51. The number of nitrogens with zero attached hydrogens (tertiary/aromatic N) is 2. The molecule has 2 aromatic carbocycles. The lowest BCUT2D eigenvalue weighted by atomic mass is 10.4. The summed E-state index contributed by atoms with van der Waals surface area (Å²) < 4.78 is 49.2. The summed E-state index contributed by atoms with van der Waals surface area (Å²) in [6.07, 6.45) is 6.33. The molecule has 0 aliphatic carbocycles. The van der Waals surface area contributed by atoms with E-state index < -0.39 is 19.1 Å². The number of hydrogen-bond acceptors (Lipinski definition) is 7. The fourth-order valence-electron chi connectivity index (χ4n) is 2.29. The van der Waals surface area contributed by atoms with Crippen LogP contribution in [0, 0.1) is 0 Å². The number of nitrogen functional groups attached to an aromatic ring is 1. The van der Waals surface area contributed by atoms with E-state index in [0.717, 1.165) is 4.47 Å². The normalized spacial score (nSPS) is 10.7. The highest BCUT2D eigenvalue weighted by molar-refractivity contribution is 9.10. The highest BCUT2D eigenvalue weighted by atomic mass is 79.9. The van der Waals surface area contributed by atoms with Crippen molar-refractivity contribution >= 4 is 73.0 Å². The second-order valence-electron chi connectivity index (χ2n) is 6.50. The van der Waals surface area contributed by atoms with E-state index in [-0.39, 0.29) is 9.79 Å². The smallest absolute Gasteiger partial charge is 0.261 e. The number of halogens is 3. The zero-order chi connectivity index (χ0) is 25.9. The van der Waals surface area contributed by atoms with E-state index >= 15 is 0 Å². The molecule has 0 atom stereocenters. The first-order valence-corrected chi connectivity index (χ1v) is 14.9. The molecule has 0 amide bonds. The average Bonchev–Trinajstić information content (AvgIpc) is 2.80. The first-order chi connectivity index (χ1) is 16.5. The number of rotatable bonds is 4. The number of hydrogen-bond donors (Lipinski definition) is 2. The van der Waals surface area contributed by atoms with Crippen LogP contribution < -0.4 is 10.5 Å². The second-order valence-corrected chi connectivity index (χ2v) is 12.6. The fraction of sp³-hybridized carbons (Fsp3) is 0. The molecule has 8 nitrogen and oxygen atoms in total. The van der Waals surface area contributed by atoms with Crippen molar-refractivity contribution in [3.05, 3.63) is 107 Å². The largest absolute Gasteiger partial charge is 0.397 e. The molecular formula is C22H19Br2ClN4O4S2. The Bertz CT molecular complexity index is 1430. The lowest BCUT2D eigenvalue weighted by Gasteiger charge is -2.07. The molecule has 3 N–H and O–H groups in total. The number of nitrogens with one attached hydrogen (secondary N) is 1. The number of pyridine rings is 2. The number of anilines is 2. The van der Waals surface area contributed by atoms with Gasteiger partial charge < -0.3 is 5.73 Å². The topological polar surface area (TPSA) is 132 Å². The maximum atomic E-state index is 12.0. The molecule has 184 valence electrons. The average molecular weight is 663 g/mol. The Balaban J connectivity index is 0.000000204. The minimum Gasteiger partial charge on any atom is -0.397 e. The van der Waals surface area contributed by atoms with Crippen LogP contribution in [0.5, 0.6) is 0 Å². The van der Waals surface area contributed by atoms with Crippen LogP contribution in [-0.2, 0) is 19.1 Å². The van der Waals surface area contributed by atoms with Crippen LogP contribution in [-0.4, -0.2) is 26.8 Å². The molecule has 0 spiro atoms. The fourth-order valence-corrected chi connectivity index (χ4v) is 4.89. The Kier molecular flexibility index (Phi) is 11.1. The van der Waals surface area contributed by atoms with E-state index in [9.17, 15) is 16.8 Å². The Labute approximate surface area is 225 Å². The maximum absolute atomic E-state index is 12.0. The van der Waals surface area contributed by atoms with Gasteiger partial charge in [-0.15, -0.1) is 0 Å². The van der Waals surface area contributed by atoms with E-state index in [1.54, 1.807) is 67.1 Å². The van der Waals surface area contributed by atoms with Crippen LogP contribution in [0.15, 0.2) is 116 Å². The minimum atomic E-state index is -3.54. The molecule has 4 rings (SSSR count). The molecular weight excluding hydrogens is 644 g/mol. The van der Waals surface area contributed by atoms with Crippen LogP contribution in [0.3, 0.4) is 0 Å². The second kappa shape index (κ2) is 13.5. The van der Waals surface area contributed by atoms with Crippen molar-refractivity contribution in [3.63, 3.8) is 0 Å². The van der Waals surface area contributed by atoms with Crippen molar-refractivity contribution in [3.8, 4) is 0 Å². The Morgan fingerprint density at radius 3 is 1.60 bits per heavy atom. The zero-order valence-electron chi connectivity index (χ0n) is 17.8. The van der Waals surface area contributed by atoms with Gasteiger partial charge in [0.2, 0.25) is 0 Å². The van der Waals surface area contributed by atoms with Gasteiger partial charge >= 0.3 is 0 Å². The summed E-state index contributed by atoms with van der Waals surface area (Å²) in [5, 5.41) is 0. The molecule has 4 aromatic rings. The van der Waals surface area contributed by atoms with Crippen LogP contribution in [0.1, 0.15) is 0 Å². The zero-order valence-corrected chi connectivity index (χ0v) is 23.4. The molecule has 2 aromatic heterocycles. The van der Waals surface area contributed by atoms with Crippen LogP contribution in [0.4, 0.5) is 11.4 Å². The molecule has 0 fully saturated rings. The summed E-state index contributed by atoms with van der Waals surface area (Å²) >= 11 is 6.45. The maximum Gasteiger partial charge on any atom is 0.261 e. The lowest BCUT2D eigenvalue weighted by Crippen LogP contribution is -2.12. The van der Waals surface area contributed by atoms with Crippen LogP contribution in [0.2, 0.25) is 0 Å². The van der Waals surface area contributed by atoms with Crippen molar-refractivity contribution in [2.24, 2.45) is 0 Å². The molecule has 0 aliphatic heterocycles. The van der Waals surface area contributed by atoms with Gasteiger partial charge in [0.15, 0.2) is 0 Å². The van der Waals surface area contributed by atoms with Crippen LogP contribution in [0.25, 0.3) is 0 Å². The number of benzene rings is 2. The summed E-state index contributed by atoms with van der Waals surface area (Å²) in [4.78, 5) is 8.06. The van der Waals surface area contributed by atoms with Gasteiger partial charge in [-0.2, -0.15) is 0 Å². The van der Waals surface area contributed by atoms with Crippen molar-refractivity contribution < 1.29 is 16.8 Å². The summed E-state index contributed by atoms with van der Waals surface area (Å²) in [6.45, 7) is 0. The third-order valence-corrected chi connectivity index (χ3v) is 7.40.